The molecule has 1 unspecified atom stereocenters. The molecule has 0 radical (unpaired) electrons. The van der Waals surface area contributed by atoms with Crippen LogP contribution in [-0.4, -0.2) is 42.7 Å². The van der Waals surface area contributed by atoms with Gasteiger partial charge in [-0.2, -0.15) is 11.8 Å². The minimum Gasteiger partial charge on any atom is -0.389 e. The lowest BCUT2D eigenvalue weighted by Crippen LogP contribution is -2.48. The number of anilines is 1. The summed E-state index contributed by atoms with van der Waals surface area (Å²) in [6.45, 7) is 4.09. The van der Waals surface area contributed by atoms with Crippen LogP contribution in [0.4, 0.5) is 5.69 Å². The molecule has 2 rings (SSSR count). The van der Waals surface area contributed by atoms with E-state index in [0.29, 0.717) is 12.3 Å². The number of para-hydroxylation sites is 1. The fourth-order valence-corrected chi connectivity index (χ4v) is 5.43. The van der Waals surface area contributed by atoms with Crippen molar-refractivity contribution in [1.29, 1.82) is 0 Å². The molecule has 0 amide bonds. The summed E-state index contributed by atoms with van der Waals surface area (Å²) in [6, 6.07) is 7.51. The molecule has 1 fully saturated rings. The highest BCUT2D eigenvalue weighted by Crippen LogP contribution is 2.32. The number of hydrogen-bond acceptors (Lipinski definition) is 5. The molecule has 1 aromatic carbocycles. The first-order valence-corrected chi connectivity index (χ1v) is 9.67. The van der Waals surface area contributed by atoms with E-state index in [0.717, 1.165) is 17.0 Å². The van der Waals surface area contributed by atoms with E-state index in [9.17, 15) is 13.5 Å². The minimum absolute atomic E-state index is 0.144. The van der Waals surface area contributed by atoms with Gasteiger partial charge in [0.2, 0.25) is 0 Å². The summed E-state index contributed by atoms with van der Waals surface area (Å²) in [5, 5.41) is 9.41. The Kier molecular flexibility index (Phi) is 4.99. The van der Waals surface area contributed by atoms with Crippen LogP contribution in [0.25, 0.3) is 0 Å². The molecular formula is C14H21NO3S2. The van der Waals surface area contributed by atoms with Crippen LogP contribution in [-0.2, 0) is 9.84 Å². The molecule has 0 aromatic heterocycles. The Morgan fingerprint density at radius 2 is 2.15 bits per heavy atom. The van der Waals surface area contributed by atoms with Crippen LogP contribution in [0.5, 0.6) is 0 Å². The Labute approximate surface area is 125 Å². The highest BCUT2D eigenvalue weighted by atomic mass is 32.2. The minimum atomic E-state index is -3.14. The first-order valence-electron chi connectivity index (χ1n) is 6.80. The third kappa shape index (κ3) is 3.13. The fourth-order valence-electron chi connectivity index (χ4n) is 2.45. The lowest BCUT2D eigenvalue weighted by atomic mass is 10.1. The molecule has 2 atom stereocenters. The van der Waals surface area contributed by atoms with Crippen molar-refractivity contribution in [3.63, 3.8) is 0 Å². The van der Waals surface area contributed by atoms with Crippen molar-refractivity contribution < 1.29 is 13.5 Å². The van der Waals surface area contributed by atoms with Crippen molar-refractivity contribution >= 4 is 27.3 Å². The lowest BCUT2D eigenvalue weighted by Gasteiger charge is -2.37. The van der Waals surface area contributed by atoms with E-state index in [1.165, 1.54) is 0 Å². The van der Waals surface area contributed by atoms with Crippen LogP contribution in [0.15, 0.2) is 24.3 Å². The third-order valence-corrected chi connectivity index (χ3v) is 6.89. The standard InChI is InChI=1S/C14H21NO3S2/c1-3-20(17,18)14-10-19-9-8-15(14)13-7-5-4-6-12(13)11(2)16/h4-7,11,14,16H,3,8-10H2,1-2H3/t11-,14?/m0/s1. The SMILES string of the molecule is CCS(=O)(=O)C1CSCCN1c1ccccc1[C@H](C)O. The zero-order chi connectivity index (χ0) is 14.8. The number of thioether (sulfide) groups is 1. The van der Waals surface area contributed by atoms with Crippen LogP contribution in [0.2, 0.25) is 0 Å². The Bertz CT molecular complexity index is 557. The Morgan fingerprint density at radius 1 is 1.45 bits per heavy atom. The number of nitrogens with zero attached hydrogens (tertiary/aromatic N) is 1. The fraction of sp³-hybridized carbons (Fsp3) is 0.571. The predicted molar refractivity (Wildman–Crippen MR) is 85.0 cm³/mol. The van der Waals surface area contributed by atoms with Crippen LogP contribution >= 0.6 is 11.8 Å². The quantitative estimate of drug-likeness (QED) is 0.921. The average Bonchev–Trinajstić information content (AvgIpc) is 2.47. The van der Waals surface area contributed by atoms with Gasteiger partial charge in [0.15, 0.2) is 9.84 Å². The largest absolute Gasteiger partial charge is 0.389 e. The molecule has 1 N–H and O–H groups in total. The molecule has 0 spiro atoms. The molecule has 1 aliphatic rings. The van der Waals surface area contributed by atoms with E-state index < -0.39 is 21.3 Å². The van der Waals surface area contributed by atoms with Gasteiger partial charge in [-0.15, -0.1) is 0 Å². The monoisotopic (exact) mass is 315 g/mol. The number of hydrogen-bond donors (Lipinski definition) is 1. The zero-order valence-corrected chi connectivity index (χ0v) is 13.5. The first-order chi connectivity index (χ1) is 9.47. The second-order valence-corrected chi connectivity index (χ2v) is 8.51. The summed E-state index contributed by atoms with van der Waals surface area (Å²) in [5.74, 6) is 1.64. The number of sulfone groups is 1. The summed E-state index contributed by atoms with van der Waals surface area (Å²) in [5.41, 5.74) is 1.63. The van der Waals surface area contributed by atoms with Crippen molar-refractivity contribution in [3.8, 4) is 0 Å². The van der Waals surface area contributed by atoms with Crippen molar-refractivity contribution in [2.24, 2.45) is 0 Å². The van der Waals surface area contributed by atoms with Gasteiger partial charge in [-0.1, -0.05) is 25.1 Å². The summed E-state index contributed by atoms with van der Waals surface area (Å²) in [7, 11) is -3.14. The van der Waals surface area contributed by atoms with Gasteiger partial charge in [0, 0.05) is 35.1 Å². The first kappa shape index (κ1) is 15.7. The van der Waals surface area contributed by atoms with E-state index in [-0.39, 0.29) is 5.75 Å². The van der Waals surface area contributed by atoms with Crippen molar-refractivity contribution in [1.82, 2.24) is 0 Å². The molecule has 1 aliphatic heterocycles. The lowest BCUT2D eigenvalue weighted by molar-refractivity contribution is 0.199. The molecule has 112 valence electrons. The third-order valence-electron chi connectivity index (χ3n) is 3.60. The van der Waals surface area contributed by atoms with Crippen LogP contribution in [0.1, 0.15) is 25.5 Å². The molecule has 4 nitrogen and oxygen atoms in total. The van der Waals surface area contributed by atoms with E-state index in [2.05, 4.69) is 0 Å². The molecule has 20 heavy (non-hydrogen) atoms. The molecule has 0 aliphatic carbocycles. The van der Waals surface area contributed by atoms with Crippen molar-refractivity contribution in [2.45, 2.75) is 25.3 Å². The highest BCUT2D eigenvalue weighted by molar-refractivity contribution is 8.01. The number of aliphatic hydroxyl groups is 1. The van der Waals surface area contributed by atoms with Crippen LogP contribution in [0.3, 0.4) is 0 Å². The van der Waals surface area contributed by atoms with E-state index >= 15 is 0 Å². The molecule has 6 heteroatoms. The molecule has 1 heterocycles. The molecule has 1 aromatic rings. The molecule has 0 bridgehead atoms. The number of rotatable bonds is 4. The Balaban J connectivity index is 2.43. The van der Waals surface area contributed by atoms with E-state index in [1.807, 2.05) is 29.2 Å². The summed E-state index contributed by atoms with van der Waals surface area (Å²) in [4.78, 5) is 1.94. The smallest absolute Gasteiger partial charge is 0.171 e. The van der Waals surface area contributed by atoms with E-state index in [4.69, 9.17) is 0 Å². The van der Waals surface area contributed by atoms with Gasteiger partial charge in [-0.05, 0) is 13.0 Å². The maximum Gasteiger partial charge on any atom is 0.171 e. The van der Waals surface area contributed by atoms with Gasteiger partial charge in [-0.25, -0.2) is 8.42 Å². The molecule has 1 saturated heterocycles. The summed E-state index contributed by atoms with van der Waals surface area (Å²) < 4.78 is 24.6. The van der Waals surface area contributed by atoms with Crippen LogP contribution < -0.4 is 4.90 Å². The second-order valence-electron chi connectivity index (χ2n) is 4.91. The Hall–Kier alpha value is -0.720. The maximum absolute atomic E-state index is 12.3. The van der Waals surface area contributed by atoms with Crippen molar-refractivity contribution in [3.05, 3.63) is 29.8 Å². The number of benzene rings is 1. The van der Waals surface area contributed by atoms with Gasteiger partial charge < -0.3 is 10.0 Å². The topological polar surface area (TPSA) is 57.6 Å². The van der Waals surface area contributed by atoms with Gasteiger partial charge in [0.25, 0.3) is 0 Å². The van der Waals surface area contributed by atoms with Gasteiger partial charge in [-0.3, -0.25) is 0 Å². The summed E-state index contributed by atoms with van der Waals surface area (Å²) in [6.07, 6.45) is -0.606. The molecule has 0 saturated carbocycles. The van der Waals surface area contributed by atoms with Gasteiger partial charge >= 0.3 is 0 Å². The maximum atomic E-state index is 12.3. The van der Waals surface area contributed by atoms with Gasteiger partial charge in [0.1, 0.15) is 5.37 Å². The average molecular weight is 315 g/mol. The second kappa shape index (κ2) is 6.37. The Morgan fingerprint density at radius 3 is 2.80 bits per heavy atom. The normalized spacial score (nSPS) is 21.8. The summed E-state index contributed by atoms with van der Waals surface area (Å²) >= 11 is 1.67. The van der Waals surface area contributed by atoms with Crippen LogP contribution in [0, 0.1) is 0 Å². The van der Waals surface area contributed by atoms with Crippen molar-refractivity contribution in [2.75, 3.05) is 28.7 Å². The predicted octanol–water partition coefficient (Wildman–Crippen LogP) is 2.05. The zero-order valence-electron chi connectivity index (χ0n) is 11.8. The number of aliphatic hydroxyl groups excluding tert-OH is 1. The highest BCUT2D eigenvalue weighted by Gasteiger charge is 2.34. The van der Waals surface area contributed by atoms with E-state index in [1.54, 1.807) is 25.6 Å². The molecular weight excluding hydrogens is 294 g/mol. The van der Waals surface area contributed by atoms with Gasteiger partial charge in [0.05, 0.1) is 6.10 Å².